The number of carboxylic acids is 1. The van der Waals surface area contributed by atoms with Gasteiger partial charge in [0.05, 0.1) is 44.4 Å². The number of nitriles is 1. The first kappa shape index (κ1) is 31.7. The molecular formula is C33H21ClF3N5O4S. The van der Waals surface area contributed by atoms with Gasteiger partial charge in [-0.25, -0.2) is 9.78 Å². The summed E-state index contributed by atoms with van der Waals surface area (Å²) in [6.07, 6.45) is -2.22. The van der Waals surface area contributed by atoms with Gasteiger partial charge >= 0.3 is 12.1 Å². The molecule has 6 rings (SSSR count). The maximum absolute atomic E-state index is 14.2. The Hall–Kier alpha value is -5.32. The third-order valence-corrected chi connectivity index (χ3v) is 8.75. The number of hydrogen-bond acceptors (Lipinski definition) is 8. The van der Waals surface area contributed by atoms with E-state index in [1.54, 1.807) is 31.2 Å². The van der Waals surface area contributed by atoms with Crippen molar-refractivity contribution in [1.29, 1.82) is 5.26 Å². The maximum atomic E-state index is 14.2. The number of ether oxygens (including phenoxy) is 1. The molecule has 0 aliphatic heterocycles. The Labute approximate surface area is 273 Å². The molecular weight excluding hydrogens is 655 g/mol. The Kier molecular flexibility index (Phi) is 8.17. The second-order valence-electron chi connectivity index (χ2n) is 10.5. The van der Waals surface area contributed by atoms with Crippen LogP contribution in [0.3, 0.4) is 0 Å². The van der Waals surface area contributed by atoms with Gasteiger partial charge in [-0.05, 0) is 61.9 Å². The minimum atomic E-state index is -4.83. The lowest BCUT2D eigenvalue weighted by Gasteiger charge is -2.18. The highest BCUT2D eigenvalue weighted by atomic mass is 35.5. The van der Waals surface area contributed by atoms with Crippen molar-refractivity contribution in [2.24, 2.45) is 0 Å². The molecule has 2 aromatic carbocycles. The molecule has 1 N–H and O–H groups in total. The molecule has 0 spiro atoms. The average molecular weight is 676 g/mol. The van der Waals surface area contributed by atoms with Crippen LogP contribution >= 0.6 is 22.9 Å². The van der Waals surface area contributed by atoms with Crippen molar-refractivity contribution in [3.05, 3.63) is 104 Å². The SMILES string of the molecule is Cc1cc(-c2cc(Cl)ccc2OCCn2c(C)nc3cc(C(F)(F)F)c(-c4ccncc4)c(C#N)c3c2=O)c2scc(C(=O)O)c2n1. The van der Waals surface area contributed by atoms with Crippen molar-refractivity contribution in [3.8, 4) is 34.1 Å². The molecule has 0 radical (unpaired) electrons. The van der Waals surface area contributed by atoms with Crippen molar-refractivity contribution in [1.82, 2.24) is 19.5 Å². The van der Waals surface area contributed by atoms with E-state index in [0.717, 1.165) is 6.07 Å². The number of alkyl halides is 3. The van der Waals surface area contributed by atoms with Crippen LogP contribution in [-0.2, 0) is 12.7 Å². The fourth-order valence-electron chi connectivity index (χ4n) is 5.48. The van der Waals surface area contributed by atoms with Crippen LogP contribution in [0.2, 0.25) is 5.02 Å². The molecule has 0 unspecified atom stereocenters. The molecule has 9 nitrogen and oxygen atoms in total. The first-order valence-corrected chi connectivity index (χ1v) is 15.2. The Bertz CT molecular complexity index is 2330. The highest BCUT2D eigenvalue weighted by molar-refractivity contribution is 7.18. The lowest BCUT2D eigenvalue weighted by atomic mass is 9.92. The van der Waals surface area contributed by atoms with Gasteiger partial charge < -0.3 is 9.84 Å². The van der Waals surface area contributed by atoms with E-state index in [4.69, 9.17) is 16.3 Å². The van der Waals surface area contributed by atoms with E-state index in [-0.39, 0.29) is 41.0 Å². The molecule has 0 bridgehead atoms. The second-order valence-corrected chi connectivity index (χ2v) is 11.8. The largest absolute Gasteiger partial charge is 0.491 e. The molecule has 0 amide bonds. The number of aryl methyl sites for hydroxylation is 2. The van der Waals surface area contributed by atoms with E-state index in [1.165, 1.54) is 52.7 Å². The highest BCUT2D eigenvalue weighted by Crippen LogP contribution is 2.42. The minimum Gasteiger partial charge on any atom is -0.491 e. The quantitative estimate of drug-likeness (QED) is 0.182. The lowest BCUT2D eigenvalue weighted by molar-refractivity contribution is -0.137. The summed E-state index contributed by atoms with van der Waals surface area (Å²) >= 11 is 7.57. The molecule has 47 heavy (non-hydrogen) atoms. The van der Waals surface area contributed by atoms with Gasteiger partial charge in [0.15, 0.2) is 0 Å². The van der Waals surface area contributed by atoms with Gasteiger partial charge in [-0.2, -0.15) is 18.4 Å². The molecule has 236 valence electrons. The van der Waals surface area contributed by atoms with Crippen LogP contribution in [0.1, 0.15) is 33.0 Å². The van der Waals surface area contributed by atoms with E-state index in [9.17, 15) is 33.1 Å². The normalized spacial score (nSPS) is 11.6. The van der Waals surface area contributed by atoms with Crippen LogP contribution in [0, 0.1) is 25.2 Å². The van der Waals surface area contributed by atoms with E-state index < -0.39 is 34.4 Å². The number of aromatic nitrogens is 4. The summed E-state index contributed by atoms with van der Waals surface area (Å²) < 4.78 is 50.7. The first-order valence-electron chi connectivity index (χ1n) is 13.9. The number of halogens is 4. The zero-order valence-corrected chi connectivity index (χ0v) is 26.1. The Balaban J connectivity index is 1.41. The third kappa shape index (κ3) is 5.77. The molecule has 0 aliphatic rings. The van der Waals surface area contributed by atoms with Crippen LogP contribution < -0.4 is 10.3 Å². The molecule has 14 heteroatoms. The number of rotatable bonds is 7. The smallest absolute Gasteiger partial charge is 0.417 e. The Morgan fingerprint density at radius 1 is 1.11 bits per heavy atom. The third-order valence-electron chi connectivity index (χ3n) is 7.51. The molecule has 4 heterocycles. The summed E-state index contributed by atoms with van der Waals surface area (Å²) in [5, 5.41) is 21.4. The number of hydrogen-bond donors (Lipinski definition) is 1. The maximum Gasteiger partial charge on any atom is 0.417 e. The number of thiophene rings is 1. The predicted molar refractivity (Wildman–Crippen MR) is 171 cm³/mol. The second kappa shape index (κ2) is 12.1. The van der Waals surface area contributed by atoms with E-state index in [1.807, 2.05) is 6.07 Å². The van der Waals surface area contributed by atoms with E-state index in [2.05, 4.69) is 15.0 Å². The zero-order chi connectivity index (χ0) is 33.6. The van der Waals surface area contributed by atoms with Crippen LogP contribution in [0.5, 0.6) is 5.75 Å². The van der Waals surface area contributed by atoms with Crippen molar-refractivity contribution >= 4 is 50.0 Å². The van der Waals surface area contributed by atoms with Gasteiger partial charge in [-0.3, -0.25) is 19.3 Å². The number of carboxylic acid groups (broad SMARTS) is 1. The van der Waals surface area contributed by atoms with Gasteiger partial charge in [0.1, 0.15) is 24.3 Å². The van der Waals surface area contributed by atoms with Crippen molar-refractivity contribution in [2.75, 3.05) is 6.61 Å². The van der Waals surface area contributed by atoms with Crippen LogP contribution in [0.15, 0.2) is 65.0 Å². The van der Waals surface area contributed by atoms with Crippen molar-refractivity contribution < 1.29 is 27.8 Å². The van der Waals surface area contributed by atoms with E-state index >= 15 is 0 Å². The molecule has 0 saturated heterocycles. The standard InChI is InChI=1S/C33H21ClF3N5O4S/c1-16-11-21(30-29(40-16)23(15-47-30)32(44)45)20-12-19(34)3-4-26(20)46-10-9-42-17(2)41-25-13-24(33(35,36)37)27(18-5-7-39-8-6-18)22(14-38)28(25)31(42)43/h3-8,11-13,15H,9-10H2,1-2H3,(H,44,45). The summed E-state index contributed by atoms with van der Waals surface area (Å²) in [6, 6.07) is 12.0. The van der Waals surface area contributed by atoms with Gasteiger partial charge in [0.25, 0.3) is 5.56 Å². The monoisotopic (exact) mass is 675 g/mol. The summed E-state index contributed by atoms with van der Waals surface area (Å²) in [6.45, 7) is 3.10. The molecule has 6 aromatic rings. The highest BCUT2D eigenvalue weighted by Gasteiger charge is 2.37. The molecule has 0 fully saturated rings. The van der Waals surface area contributed by atoms with Crippen LogP contribution in [0.25, 0.3) is 43.4 Å². The van der Waals surface area contributed by atoms with Crippen molar-refractivity contribution in [2.45, 2.75) is 26.6 Å². The van der Waals surface area contributed by atoms with Gasteiger partial charge in [-0.15, -0.1) is 11.3 Å². The van der Waals surface area contributed by atoms with Gasteiger partial charge in [-0.1, -0.05) is 11.6 Å². The van der Waals surface area contributed by atoms with Gasteiger partial charge in [0.2, 0.25) is 0 Å². The summed E-state index contributed by atoms with van der Waals surface area (Å²) in [7, 11) is 0. The molecule has 0 aliphatic carbocycles. The summed E-state index contributed by atoms with van der Waals surface area (Å²) in [5.74, 6) is -0.587. The molecule has 0 saturated carbocycles. The minimum absolute atomic E-state index is 0.0564. The topological polar surface area (TPSA) is 131 Å². The molecule has 4 aromatic heterocycles. The predicted octanol–water partition coefficient (Wildman–Crippen LogP) is 7.67. The van der Waals surface area contributed by atoms with E-state index in [0.29, 0.717) is 37.8 Å². The number of benzene rings is 2. The van der Waals surface area contributed by atoms with Crippen LogP contribution in [-0.4, -0.2) is 37.2 Å². The fraction of sp³-hybridized carbons (Fsp3) is 0.152. The Morgan fingerprint density at radius 2 is 1.85 bits per heavy atom. The lowest BCUT2D eigenvalue weighted by Crippen LogP contribution is -2.27. The number of fused-ring (bicyclic) bond motifs is 2. The fourth-order valence-corrected chi connectivity index (χ4v) is 6.66. The number of carbonyl (C=O) groups is 1. The van der Waals surface area contributed by atoms with Gasteiger partial charge in [0, 0.05) is 45.2 Å². The number of pyridine rings is 2. The summed E-state index contributed by atoms with van der Waals surface area (Å²) in [4.78, 5) is 38.2. The number of aromatic carboxylic acids is 1. The average Bonchev–Trinajstić information content (AvgIpc) is 3.46. The van der Waals surface area contributed by atoms with Crippen molar-refractivity contribution in [3.63, 3.8) is 0 Å². The zero-order valence-electron chi connectivity index (χ0n) is 24.5. The van der Waals surface area contributed by atoms with Crippen LogP contribution in [0.4, 0.5) is 13.2 Å². The summed E-state index contributed by atoms with van der Waals surface area (Å²) in [5.41, 5.74) is -0.602. The first-order chi connectivity index (χ1) is 22.4. The molecule has 0 atom stereocenters. The Morgan fingerprint density at radius 3 is 2.53 bits per heavy atom. The number of nitrogens with zero attached hydrogens (tertiary/aromatic N) is 5.